The summed E-state index contributed by atoms with van der Waals surface area (Å²) >= 11 is 0. The number of aromatic hydroxyl groups is 1. The topological polar surface area (TPSA) is 74.2 Å². The summed E-state index contributed by atoms with van der Waals surface area (Å²) in [6.07, 6.45) is 1.59. The van der Waals surface area contributed by atoms with E-state index in [9.17, 15) is 9.67 Å². The molecule has 3 rings (SSSR count). The Labute approximate surface area is 319 Å². The average molecular weight is 456 g/mol. The minimum Gasteiger partial charge on any atom is -0.726 e. The molecule has 1 atom stereocenters. The van der Waals surface area contributed by atoms with Crippen LogP contribution in [0.5, 0.6) is 17.2 Å². The Hall–Kier alpha value is 4.67. The molecule has 0 bridgehead atoms. The van der Waals surface area contributed by atoms with Crippen molar-refractivity contribution in [1.82, 2.24) is 0 Å². The zero-order valence-electron chi connectivity index (χ0n) is 14.6. The molecule has 103 valence electrons. The van der Waals surface area contributed by atoms with Gasteiger partial charge in [-0.3, -0.25) is 6.42 Å². The van der Waals surface area contributed by atoms with Crippen LogP contribution in [0.3, 0.4) is 0 Å². The van der Waals surface area contributed by atoms with E-state index >= 15 is 0 Å². The Morgan fingerprint density at radius 3 is 2.44 bits per heavy atom. The molecule has 0 spiro atoms. The van der Waals surface area contributed by atoms with Crippen LogP contribution in [0.15, 0.2) is 24.3 Å². The van der Waals surface area contributed by atoms with Crippen molar-refractivity contribution in [3.05, 3.63) is 42.9 Å². The maximum Gasteiger partial charge on any atom is 1.00 e. The Kier molecular flexibility index (Phi) is 20.8. The standard InChI is InChI=1S/C12H7B2O6P.4K/c13-19-14-20-21(16)18-12-8-4-2-1-3-7(8)11-9(10(12)15)5-6-17-11;;;;/h1-6,15H;;;;/q-1;4*+1. The third kappa shape index (κ3) is 8.26. The van der Waals surface area contributed by atoms with E-state index in [1.165, 1.54) is 6.61 Å². The van der Waals surface area contributed by atoms with Gasteiger partial charge in [-0.25, -0.2) is 11.1 Å². The second kappa shape index (κ2) is 16.3. The van der Waals surface area contributed by atoms with Crippen LogP contribution in [0.25, 0.3) is 10.8 Å². The van der Waals surface area contributed by atoms with Crippen LogP contribution in [0, 0.1) is 13.0 Å². The number of ether oxygens (including phenoxy) is 1. The molecule has 13 heteroatoms. The number of hydrogen-bond donors (Lipinski definition) is 1. The summed E-state index contributed by atoms with van der Waals surface area (Å²) in [5, 5.41) is 11.5. The monoisotopic (exact) mass is 456 g/mol. The van der Waals surface area contributed by atoms with Gasteiger partial charge in [0.1, 0.15) is 0 Å². The first-order chi connectivity index (χ1) is 10.2. The van der Waals surface area contributed by atoms with Gasteiger partial charge in [-0.15, -0.1) is 10.0 Å². The molecule has 0 fully saturated rings. The van der Waals surface area contributed by atoms with Gasteiger partial charge in [0.25, 0.3) is 8.05 Å². The number of fused-ring (bicyclic) bond motifs is 3. The molecule has 0 saturated heterocycles. The maximum absolute atomic E-state index is 11.6. The van der Waals surface area contributed by atoms with E-state index in [1.807, 2.05) is 6.07 Å². The van der Waals surface area contributed by atoms with Crippen molar-refractivity contribution in [3.63, 3.8) is 0 Å². The first-order valence-electron chi connectivity index (χ1n) is 5.82. The predicted octanol–water partition coefficient (Wildman–Crippen LogP) is -9.64. The molecule has 1 unspecified atom stereocenters. The van der Waals surface area contributed by atoms with Gasteiger partial charge < -0.3 is 14.4 Å². The molecule has 1 aliphatic heterocycles. The summed E-state index contributed by atoms with van der Waals surface area (Å²) in [5.74, 6) is 0.368. The Bertz CT molecular complexity index is 724. The van der Waals surface area contributed by atoms with Gasteiger partial charge in [-0.2, -0.15) is 0 Å². The zero-order chi connectivity index (χ0) is 14.8. The summed E-state index contributed by atoms with van der Waals surface area (Å²) in [5.41, 5.74) is 0.450. The Morgan fingerprint density at radius 2 is 1.80 bits per heavy atom. The first kappa shape index (κ1) is 31.8. The summed E-state index contributed by atoms with van der Waals surface area (Å²) in [6.45, 7) is 1.45. The minimum atomic E-state index is -2.59. The second-order valence-electron chi connectivity index (χ2n) is 4.04. The predicted molar refractivity (Wildman–Crippen MR) is 75.9 cm³/mol. The normalized spacial score (nSPS) is 11.1. The molecule has 0 saturated carbocycles. The number of rotatable bonds is 5. The molecule has 0 amide bonds. The van der Waals surface area contributed by atoms with Crippen LogP contribution in [0.2, 0.25) is 0 Å². The summed E-state index contributed by atoms with van der Waals surface area (Å²) < 4.78 is 30.8. The van der Waals surface area contributed by atoms with Crippen molar-refractivity contribution in [1.29, 1.82) is 0 Å². The second-order valence-corrected chi connectivity index (χ2v) is 4.88. The van der Waals surface area contributed by atoms with Crippen LogP contribution in [0.4, 0.5) is 0 Å². The summed E-state index contributed by atoms with van der Waals surface area (Å²) in [7, 11) is 2.81. The van der Waals surface area contributed by atoms with E-state index in [-0.39, 0.29) is 217 Å². The molecule has 1 N–H and O–H groups in total. The quantitative estimate of drug-likeness (QED) is 0.274. The maximum atomic E-state index is 11.6. The molecule has 1 heterocycles. The molecular formula is C12H7B2K4O6P+3. The van der Waals surface area contributed by atoms with E-state index in [2.05, 4.69) is 9.01 Å². The molecule has 6 nitrogen and oxygen atoms in total. The minimum absolute atomic E-state index is 0. The van der Waals surface area contributed by atoms with E-state index in [1.54, 1.807) is 24.6 Å². The van der Waals surface area contributed by atoms with E-state index in [0.717, 1.165) is 0 Å². The van der Waals surface area contributed by atoms with Crippen molar-refractivity contribution in [2.45, 2.75) is 0 Å². The molecule has 1 aliphatic rings. The molecule has 2 aromatic rings. The van der Waals surface area contributed by atoms with Gasteiger partial charge in [0.15, 0.2) is 5.75 Å². The Balaban J connectivity index is 0. The average Bonchev–Trinajstić information content (AvgIpc) is 2.99. The summed E-state index contributed by atoms with van der Waals surface area (Å²) in [6, 6.07) is 7.08. The largest absolute Gasteiger partial charge is 1.00 e. The fourth-order valence-corrected chi connectivity index (χ4v) is 2.58. The van der Waals surface area contributed by atoms with Gasteiger partial charge in [0.2, 0.25) is 0 Å². The molecule has 25 heavy (non-hydrogen) atoms. The van der Waals surface area contributed by atoms with Crippen LogP contribution in [-0.4, -0.2) is 20.8 Å². The van der Waals surface area contributed by atoms with E-state index in [4.69, 9.17) is 17.3 Å². The van der Waals surface area contributed by atoms with Gasteiger partial charge in [-0.05, 0) is 11.1 Å². The van der Waals surface area contributed by atoms with Gasteiger partial charge in [0, 0.05) is 9.95 Å². The van der Waals surface area contributed by atoms with Crippen LogP contribution >= 0.6 is 8.25 Å². The molecule has 0 aliphatic carbocycles. The third-order valence-corrected chi connectivity index (χ3v) is 3.49. The van der Waals surface area contributed by atoms with Crippen molar-refractivity contribution in [2.24, 2.45) is 0 Å². The first-order valence-corrected chi connectivity index (χ1v) is 6.92. The number of hydrogen-bond acceptors (Lipinski definition) is 6. The van der Waals surface area contributed by atoms with E-state index < -0.39 is 8.25 Å². The van der Waals surface area contributed by atoms with Crippen molar-refractivity contribution in [3.8, 4) is 17.2 Å². The van der Waals surface area contributed by atoms with Gasteiger partial charge in [0.05, 0.1) is 5.75 Å². The Morgan fingerprint density at radius 1 is 1.16 bits per heavy atom. The summed E-state index contributed by atoms with van der Waals surface area (Å²) in [4.78, 5) is 0. The van der Waals surface area contributed by atoms with Gasteiger partial charge >= 0.3 is 221 Å². The van der Waals surface area contributed by atoms with Crippen LogP contribution in [0.1, 0.15) is 5.56 Å². The molecule has 0 aromatic heterocycles. The van der Waals surface area contributed by atoms with Crippen LogP contribution < -0.4 is 215 Å². The fraction of sp³-hybridized carbons (Fsp3) is 0. The molecule has 3 radical (unpaired) electrons. The van der Waals surface area contributed by atoms with Crippen molar-refractivity contribution in [2.75, 3.05) is 0 Å². The zero-order valence-corrected chi connectivity index (χ0v) is 27.9. The number of benzene rings is 2. The SMILES string of the molecule is [B]O[B]O[P+](=O)Oc1c(O)c2c(c3ccccc13)O[CH-][CH-]2.[K+].[K+].[K+].[K+]. The van der Waals surface area contributed by atoms with Crippen LogP contribution in [-0.2, 0) is 13.6 Å². The van der Waals surface area contributed by atoms with Crippen molar-refractivity contribution >= 4 is 34.8 Å². The smallest absolute Gasteiger partial charge is 0.726 e. The van der Waals surface area contributed by atoms with Crippen molar-refractivity contribution < 1.29 is 233 Å². The molecule has 2 aromatic carbocycles. The number of phenolic OH excluding ortho intramolecular Hbond substituents is 1. The van der Waals surface area contributed by atoms with E-state index in [0.29, 0.717) is 29.8 Å². The fourth-order valence-electron chi connectivity index (χ4n) is 2.08. The molecular weight excluding hydrogens is 449 g/mol. The number of phenols is 1. The third-order valence-electron chi connectivity index (χ3n) is 2.90. The van der Waals surface area contributed by atoms with Gasteiger partial charge in [-0.1, -0.05) is 24.3 Å².